The Morgan fingerprint density at radius 2 is 0.849 bits per heavy atom. The van der Waals surface area contributed by atoms with Gasteiger partial charge >= 0.3 is 0 Å². The van der Waals surface area contributed by atoms with E-state index in [0.717, 1.165) is 33.6 Å². The topological polar surface area (TPSA) is 124 Å². The number of fused-ring (bicyclic) bond motifs is 4. The van der Waals surface area contributed by atoms with E-state index >= 15 is 0 Å². The molecule has 5 aromatic rings. The van der Waals surface area contributed by atoms with Crippen LogP contribution in [0.25, 0.3) is 0 Å². The summed E-state index contributed by atoms with van der Waals surface area (Å²) in [6.45, 7) is 1.57. The van der Waals surface area contributed by atoms with Crippen LogP contribution in [-0.4, -0.2) is 55.9 Å². The van der Waals surface area contributed by atoms with E-state index in [4.69, 9.17) is 42.6 Å². The zero-order chi connectivity index (χ0) is 35.9. The first-order valence-corrected chi connectivity index (χ1v) is 17.6. The fourth-order valence-corrected chi connectivity index (χ4v) is 7.58. The SMILES string of the molecule is COc1cc(C(=O)N(Cc2ccc3c(c2)OCO3)Cc2ccc3c(c2)OCO3)sc1C(=O)N(Cc1ccc2c(c1)OCO2)Cc1ccc2c(c1)OCO2. The zero-order valence-corrected chi connectivity index (χ0v) is 29.3. The number of ether oxygens (including phenoxy) is 9. The summed E-state index contributed by atoms with van der Waals surface area (Å²) < 4.78 is 50.2. The van der Waals surface area contributed by atoms with Gasteiger partial charge in [-0.1, -0.05) is 24.3 Å². The second kappa shape index (κ2) is 13.7. The van der Waals surface area contributed by atoms with Crippen LogP contribution in [0.4, 0.5) is 0 Å². The summed E-state index contributed by atoms with van der Waals surface area (Å²) in [5, 5.41) is 0. The maximum Gasteiger partial charge on any atom is 0.268 e. The van der Waals surface area contributed by atoms with Gasteiger partial charge in [0.1, 0.15) is 10.6 Å². The number of hydrogen-bond acceptors (Lipinski definition) is 12. The maximum atomic E-state index is 14.6. The van der Waals surface area contributed by atoms with Crippen molar-refractivity contribution in [2.75, 3.05) is 34.3 Å². The van der Waals surface area contributed by atoms with Gasteiger partial charge in [-0.3, -0.25) is 9.59 Å². The molecule has 270 valence electrons. The van der Waals surface area contributed by atoms with Crippen LogP contribution in [0, 0.1) is 0 Å². The van der Waals surface area contributed by atoms with E-state index in [1.54, 1.807) is 15.9 Å². The predicted molar refractivity (Wildman–Crippen MR) is 188 cm³/mol. The highest BCUT2D eigenvalue weighted by molar-refractivity contribution is 7.16. The van der Waals surface area contributed by atoms with Crippen molar-refractivity contribution in [3.8, 4) is 51.7 Å². The van der Waals surface area contributed by atoms with Gasteiger partial charge < -0.3 is 52.4 Å². The van der Waals surface area contributed by atoms with Gasteiger partial charge in [-0.15, -0.1) is 11.3 Å². The molecule has 0 fully saturated rings. The number of carbonyl (C=O) groups is 2. The molecule has 0 saturated carbocycles. The molecule has 0 spiro atoms. The van der Waals surface area contributed by atoms with Crippen molar-refractivity contribution < 1.29 is 52.2 Å². The molecule has 4 aliphatic rings. The second-order valence-corrected chi connectivity index (χ2v) is 13.6. The minimum Gasteiger partial charge on any atom is -0.495 e. The minimum atomic E-state index is -0.306. The van der Waals surface area contributed by atoms with E-state index in [0.29, 0.717) is 61.5 Å². The lowest BCUT2D eigenvalue weighted by molar-refractivity contribution is 0.0727. The van der Waals surface area contributed by atoms with Gasteiger partial charge in [0.2, 0.25) is 27.2 Å². The Labute approximate surface area is 307 Å². The van der Waals surface area contributed by atoms with Crippen molar-refractivity contribution in [1.82, 2.24) is 9.80 Å². The first kappa shape index (κ1) is 32.6. The molecule has 53 heavy (non-hydrogen) atoms. The number of carbonyl (C=O) groups excluding carboxylic acids is 2. The quantitative estimate of drug-likeness (QED) is 0.151. The molecule has 4 aromatic carbocycles. The molecule has 0 N–H and O–H groups in total. The van der Waals surface area contributed by atoms with Crippen molar-refractivity contribution >= 4 is 23.2 Å². The fourth-order valence-electron chi connectivity index (χ4n) is 6.52. The average Bonchev–Trinajstić information content (AvgIpc) is 4.03. The average molecular weight is 737 g/mol. The molecular weight excluding hydrogens is 704 g/mol. The molecule has 5 heterocycles. The van der Waals surface area contributed by atoms with Crippen LogP contribution in [0.3, 0.4) is 0 Å². The Kier molecular flexibility index (Phi) is 8.43. The predicted octanol–water partition coefficient (Wildman–Crippen LogP) is 6.36. The monoisotopic (exact) mass is 736 g/mol. The molecule has 0 unspecified atom stereocenters. The molecule has 0 aliphatic carbocycles. The highest BCUT2D eigenvalue weighted by atomic mass is 32.1. The van der Waals surface area contributed by atoms with E-state index in [9.17, 15) is 9.59 Å². The molecule has 9 rings (SSSR count). The highest BCUT2D eigenvalue weighted by Gasteiger charge is 2.29. The van der Waals surface area contributed by atoms with Crippen LogP contribution in [-0.2, 0) is 26.2 Å². The Morgan fingerprint density at radius 1 is 0.509 bits per heavy atom. The molecular formula is C39H32N2O11S. The van der Waals surface area contributed by atoms with Gasteiger partial charge in [0.15, 0.2) is 46.0 Å². The van der Waals surface area contributed by atoms with Gasteiger partial charge in [-0.05, 0) is 70.8 Å². The summed E-state index contributed by atoms with van der Waals surface area (Å²) in [5.74, 6) is 4.79. The molecule has 0 saturated heterocycles. The van der Waals surface area contributed by atoms with Gasteiger partial charge in [0.05, 0.1) is 12.0 Å². The lowest BCUT2D eigenvalue weighted by atomic mass is 10.1. The number of rotatable bonds is 11. The van der Waals surface area contributed by atoms with Crippen molar-refractivity contribution in [2.45, 2.75) is 26.2 Å². The van der Waals surface area contributed by atoms with Crippen molar-refractivity contribution in [3.63, 3.8) is 0 Å². The summed E-state index contributed by atoms with van der Waals surface area (Å²) >= 11 is 1.09. The fraction of sp³-hybridized carbons (Fsp3) is 0.231. The minimum absolute atomic E-state index is 0.141. The smallest absolute Gasteiger partial charge is 0.268 e. The maximum absolute atomic E-state index is 14.6. The van der Waals surface area contributed by atoms with Crippen LogP contribution in [0.2, 0.25) is 0 Å². The standard InChI is InChI=1S/C39H32N2O11S/c1-44-35-14-36(38(42)40(15-23-2-6-27-31(10-23)49-19-45-27)16-24-3-7-28-32(11-24)50-20-46-28)53-37(35)39(43)41(17-25-4-8-29-33(12-25)51-21-47-29)18-26-5-9-30-34(13-26)52-22-48-30/h2-14H,15-22H2,1H3. The second-order valence-electron chi connectivity index (χ2n) is 12.6. The Balaban J connectivity index is 1.03. The molecule has 14 heteroatoms. The number of benzene rings is 4. The summed E-state index contributed by atoms with van der Waals surface area (Å²) in [6, 6.07) is 24.1. The lowest BCUT2D eigenvalue weighted by Crippen LogP contribution is -2.30. The van der Waals surface area contributed by atoms with Gasteiger partial charge in [0, 0.05) is 32.2 Å². The third-order valence-electron chi connectivity index (χ3n) is 9.14. The van der Waals surface area contributed by atoms with E-state index in [2.05, 4.69) is 0 Å². The summed E-state index contributed by atoms with van der Waals surface area (Å²) in [7, 11) is 1.49. The third-order valence-corrected chi connectivity index (χ3v) is 10.2. The summed E-state index contributed by atoms with van der Waals surface area (Å²) in [4.78, 5) is 33.1. The lowest BCUT2D eigenvalue weighted by Gasteiger charge is -2.23. The summed E-state index contributed by atoms with van der Waals surface area (Å²) in [5.41, 5.74) is 3.38. The number of nitrogens with zero attached hydrogens (tertiary/aromatic N) is 2. The van der Waals surface area contributed by atoms with Crippen LogP contribution >= 0.6 is 11.3 Å². The number of hydrogen-bond donors (Lipinski definition) is 0. The van der Waals surface area contributed by atoms with E-state index < -0.39 is 0 Å². The van der Waals surface area contributed by atoms with E-state index in [1.807, 2.05) is 72.8 Å². The number of thiophene rings is 1. The summed E-state index contributed by atoms with van der Waals surface area (Å²) in [6.07, 6.45) is 0. The Bertz CT molecular complexity index is 2120. The molecule has 4 aliphatic heterocycles. The van der Waals surface area contributed by atoms with E-state index in [1.165, 1.54) is 7.11 Å². The first-order chi connectivity index (χ1) is 26.0. The van der Waals surface area contributed by atoms with Gasteiger partial charge in [0.25, 0.3) is 11.8 Å². The highest BCUT2D eigenvalue weighted by Crippen LogP contribution is 2.39. The molecule has 0 bridgehead atoms. The third kappa shape index (κ3) is 6.53. The molecule has 13 nitrogen and oxygen atoms in total. The van der Waals surface area contributed by atoms with E-state index in [-0.39, 0.29) is 65.2 Å². The van der Waals surface area contributed by atoms with Crippen molar-refractivity contribution in [3.05, 3.63) is 111 Å². The van der Waals surface area contributed by atoms with Gasteiger partial charge in [-0.25, -0.2) is 0 Å². The molecule has 0 atom stereocenters. The Morgan fingerprint density at radius 3 is 1.21 bits per heavy atom. The molecule has 1 aromatic heterocycles. The van der Waals surface area contributed by atoms with Gasteiger partial charge in [-0.2, -0.15) is 0 Å². The van der Waals surface area contributed by atoms with Crippen LogP contribution in [0.15, 0.2) is 78.9 Å². The van der Waals surface area contributed by atoms with Crippen LogP contribution in [0.1, 0.15) is 41.6 Å². The largest absolute Gasteiger partial charge is 0.495 e. The first-order valence-electron chi connectivity index (χ1n) is 16.8. The van der Waals surface area contributed by atoms with Crippen LogP contribution < -0.4 is 42.6 Å². The molecule has 2 amide bonds. The number of methoxy groups -OCH3 is 1. The number of amides is 2. The normalized spacial score (nSPS) is 14.0. The van der Waals surface area contributed by atoms with Crippen molar-refractivity contribution in [2.24, 2.45) is 0 Å². The Hall–Kier alpha value is -6.28. The van der Waals surface area contributed by atoms with Crippen molar-refractivity contribution in [1.29, 1.82) is 0 Å². The zero-order valence-electron chi connectivity index (χ0n) is 28.5. The molecule has 0 radical (unpaired) electrons. The van der Waals surface area contributed by atoms with Crippen LogP contribution in [0.5, 0.6) is 51.7 Å².